The van der Waals surface area contributed by atoms with Gasteiger partial charge in [-0.05, 0) is 25.7 Å². The maximum atomic E-state index is 13.6. The van der Waals surface area contributed by atoms with Crippen LogP contribution in [0.2, 0.25) is 0 Å². The molecule has 756 valence electrons. The maximum Gasteiger partial charge on any atom is 0.397 e. The van der Waals surface area contributed by atoms with E-state index in [0.29, 0.717) is 0 Å². The van der Waals surface area contributed by atoms with Gasteiger partial charge in [-0.3, -0.25) is 54.3 Å². The molecule has 19 unspecified atom stereocenters. The molecule has 1 aliphatic carbocycles. The molecule has 8 aliphatic rings. The summed E-state index contributed by atoms with van der Waals surface area (Å²) in [4.78, 5) is 31.7. The lowest BCUT2D eigenvalue weighted by molar-refractivity contribution is -0.435. The fourth-order valence-corrected chi connectivity index (χ4v) is 20.5. The van der Waals surface area contributed by atoms with Crippen LogP contribution < -0.4 is 0 Å². The van der Waals surface area contributed by atoms with Crippen LogP contribution in [-0.2, 0) is 251 Å². The molecule has 0 spiro atoms. The maximum absolute atomic E-state index is 13.6. The summed E-state index contributed by atoms with van der Waals surface area (Å²) in [5.41, 5.74) is -2.35. The van der Waals surface area contributed by atoms with Crippen LogP contribution in [0.5, 0.6) is 0 Å². The van der Waals surface area contributed by atoms with Gasteiger partial charge in [0.25, 0.3) is 0 Å². The zero-order chi connectivity index (χ0) is 97.5. The van der Waals surface area contributed by atoms with Gasteiger partial charge in [0.05, 0.1) is 50.3 Å². The summed E-state index contributed by atoms with van der Waals surface area (Å²) in [6.45, 7) is 2.62. The number of carboxylic acid groups (broad SMARTS) is 2. The molecule has 0 amide bonds. The second-order valence-electron chi connectivity index (χ2n) is 29.6. The first-order chi connectivity index (χ1) is 58.8. The van der Waals surface area contributed by atoms with Crippen molar-refractivity contribution in [1.29, 1.82) is 0 Å². The van der Waals surface area contributed by atoms with E-state index < -0.39 is 379 Å². The molecule has 7 heterocycles. The Labute approximate surface area is 738 Å². The molecule has 77 heteroatoms. The van der Waals surface area contributed by atoms with Crippen molar-refractivity contribution in [1.82, 2.24) is 0 Å². The molecule has 0 aromatic heterocycles. The molecule has 0 aromatic rings. The molecule has 65 nitrogen and oxygen atoms in total. The molecule has 0 radical (unpaired) electrons. The summed E-state index contributed by atoms with van der Waals surface area (Å²) in [6.07, 6.45) is -60.9. The minimum Gasteiger partial charge on any atom is -0.479 e. The molecule has 8 rings (SSSR count). The van der Waals surface area contributed by atoms with Crippen LogP contribution in [0, 0.1) is 53.3 Å². The van der Waals surface area contributed by atoms with E-state index in [9.17, 15) is 158 Å². The molecule has 7 saturated heterocycles. The van der Waals surface area contributed by atoms with Gasteiger partial charge in [-0.25, -0.2) is 61.6 Å². The number of carbonyl (C=O) groups is 2. The van der Waals surface area contributed by atoms with Crippen molar-refractivity contribution < 1.29 is 290 Å². The smallest absolute Gasteiger partial charge is 0.397 e. The highest BCUT2D eigenvalue weighted by atomic mass is 32.3. The van der Waals surface area contributed by atoms with Crippen molar-refractivity contribution in [2.24, 2.45) is 53.3 Å². The van der Waals surface area contributed by atoms with Crippen molar-refractivity contribution in [2.75, 3.05) is 33.0 Å². The van der Waals surface area contributed by atoms with Gasteiger partial charge < -0.3 is 71.8 Å². The Kier molecular flexibility index (Phi) is 37.5. The first-order valence-electron chi connectivity index (χ1n) is 35.9. The van der Waals surface area contributed by atoms with Crippen molar-refractivity contribution >= 4 is 140 Å². The highest BCUT2D eigenvalue weighted by Gasteiger charge is 2.75. The Bertz CT molecular complexity index is 5090. The average molecular weight is 2140 g/mol. The zero-order valence-electron chi connectivity index (χ0n) is 66.2. The Hall–Kier alpha value is -2.66. The number of aliphatic carboxylic acids is 2. The van der Waals surface area contributed by atoms with Crippen LogP contribution >= 0.6 is 12.3 Å². The molecule has 7 aliphatic heterocycles. The molecular formula is C52H86O65S12. The van der Waals surface area contributed by atoms with Crippen LogP contribution in [-0.4, -0.2) is 364 Å². The van der Waals surface area contributed by atoms with Gasteiger partial charge in [-0.2, -0.15) is 88.4 Å². The van der Waals surface area contributed by atoms with E-state index in [1.807, 2.05) is 0 Å². The molecule has 129 heavy (non-hydrogen) atoms. The van der Waals surface area contributed by atoms with Gasteiger partial charge in [0.2, 0.25) is 0 Å². The third-order valence-electron chi connectivity index (χ3n) is 21.2. The minimum absolute atomic E-state index is 0.248. The molecule has 0 bridgehead atoms. The summed E-state index contributed by atoms with van der Waals surface area (Å²) < 4.78 is 507. The normalized spacial score (nSPS) is 39.9. The lowest BCUT2D eigenvalue weighted by Crippen LogP contribution is -2.65. The largest absolute Gasteiger partial charge is 0.479 e. The van der Waals surface area contributed by atoms with E-state index in [0.717, 1.165) is 41.5 Å². The number of rotatable bonds is 46. The number of ether oxygens (including phenoxy) is 13. The van der Waals surface area contributed by atoms with Gasteiger partial charge in [0.15, 0.2) is 68.4 Å². The number of hydrogen-bond donors (Lipinski definition) is 14. The monoisotopic (exact) mass is 2130 g/mol. The topological polar surface area (TPSA) is 934 Å². The molecule has 8 fully saturated rings. The first kappa shape index (κ1) is 112. The Balaban J connectivity index is 1.10. The second-order valence-corrected chi connectivity index (χ2v) is 41.3. The Morgan fingerprint density at radius 1 is 0.341 bits per heavy atom. The van der Waals surface area contributed by atoms with Crippen molar-refractivity contribution in [3.8, 4) is 0 Å². The first-order valence-corrected chi connectivity index (χ1v) is 51.2. The van der Waals surface area contributed by atoms with Crippen molar-refractivity contribution in [2.45, 2.75) is 228 Å². The molecule has 14 N–H and O–H groups in total. The predicted octanol–water partition coefficient (Wildman–Crippen LogP) is -5.45. The molecule has 0 aromatic carbocycles. The fourth-order valence-electron chi connectivity index (χ4n) is 15.5. The van der Waals surface area contributed by atoms with Crippen molar-refractivity contribution in [3.05, 3.63) is 0 Å². The summed E-state index contributed by atoms with van der Waals surface area (Å²) in [5, 5.41) is 33.8. The SMILES string of the molecule is CC1C(C)[C@H](O[C@@H]2OC(COS(=O)(=O)O)[C@H](O[C@@H]3OC(COS(=O)(=O)O)[C@H](OSOOO)[C@H](C)C3OS(=O)(=O)O)[C@H](C)C2OS(=O)(=O)O)C(COS(=O)(=O)O)O[C@@H]1O[C@@H]1C(C(=O)O)O[C@H](O[C@H]2C(COOS(=O)O)O[C@@H](OC3(C)[C@H]4C(C(=O)O)O[C@H](O[C@@H]5C(COS(=O)(=O)O)O[C@H](C)C(OS(=O)(=O)O)C5OS(=O)(=O)O)C(C)[C@@H]43)C(OS(=O)(=O)O)[C@H]2OS(=O)(=O)O)C(C)C1C. The van der Waals surface area contributed by atoms with E-state index in [4.69, 9.17) is 92.6 Å². The van der Waals surface area contributed by atoms with Gasteiger partial charge in [-0.15, -0.1) is 8.67 Å². The lowest BCUT2D eigenvalue weighted by atomic mass is 9.82. The van der Waals surface area contributed by atoms with Gasteiger partial charge >= 0.3 is 127 Å². The summed E-state index contributed by atoms with van der Waals surface area (Å²) >= 11 is -3.69. The van der Waals surface area contributed by atoms with E-state index in [-0.39, 0.29) is 12.3 Å². The van der Waals surface area contributed by atoms with E-state index >= 15 is 0 Å². The van der Waals surface area contributed by atoms with Gasteiger partial charge in [0, 0.05) is 41.4 Å². The highest BCUT2D eigenvalue weighted by Crippen LogP contribution is 2.64. The fraction of sp³-hybridized carbons (Fsp3) is 0.962. The number of carboxylic acids is 2. The van der Waals surface area contributed by atoms with Crippen LogP contribution in [0.1, 0.15) is 62.3 Å². The summed E-state index contributed by atoms with van der Waals surface area (Å²) in [6, 6.07) is 0. The number of hydrogen-bond acceptors (Lipinski definition) is 53. The Morgan fingerprint density at radius 3 is 1.07 bits per heavy atom. The highest BCUT2D eigenvalue weighted by molar-refractivity contribution is 7.89. The van der Waals surface area contributed by atoms with Crippen LogP contribution in [0.15, 0.2) is 0 Å². The van der Waals surface area contributed by atoms with E-state index in [1.165, 1.54) is 20.8 Å². The van der Waals surface area contributed by atoms with Crippen LogP contribution in [0.3, 0.4) is 0 Å². The average Bonchev–Trinajstić information content (AvgIpc) is 1.52. The minimum atomic E-state index is -6.17. The quantitative estimate of drug-likeness (QED) is 0.00675. The summed E-state index contributed by atoms with van der Waals surface area (Å²) in [5.74, 6) is -18.1. The Morgan fingerprint density at radius 2 is 0.659 bits per heavy atom. The zero-order valence-corrected chi connectivity index (χ0v) is 76.0. The van der Waals surface area contributed by atoms with Gasteiger partial charge in [0.1, 0.15) is 92.1 Å². The lowest BCUT2D eigenvalue weighted by Gasteiger charge is -2.51. The summed E-state index contributed by atoms with van der Waals surface area (Å²) in [7, 11) is -57.7. The van der Waals surface area contributed by atoms with E-state index in [1.54, 1.807) is 0 Å². The third-order valence-corrected chi connectivity index (χ3v) is 26.4. The van der Waals surface area contributed by atoms with Gasteiger partial charge in [-0.1, -0.05) is 53.5 Å². The predicted molar refractivity (Wildman–Crippen MR) is 390 cm³/mol. The molecule has 37 atom stereocenters. The standard InChI is InChI=1S/C52H86O65S12/c1-15-17(3)46(96-24(11-91-120(60,61)62)30(15)100-49-34(109-124(72,73)74)20(6)31(25(97-49)12-92-121(63,64)65)101-50-35(110-125(75,76)77)21(7)32(108-118-116-115-57)26(98-50)13-93-122(66,67)68)102-33-16(2)18(4)47(106-42(33)45(55)56)103-37-23(10-90-117-119(58)59)99-51(43(114-129(87,88)89)41(37)113-128(84,85)86)107-52(9)28-19(5)48(105-39(29(28)52)44(53)54)104-38-27(14-94-123(69,70)71)95-22(8)36(111-126(78,79)80)40(38)112-127(81,82)83/h15-43,46-51,57H,10-14H2,1-9H3,(H,53,54)(H,55,56)(H,58,59)(H,60,61,62)(H,63,64,65)(H,66,67,68)(H,69,70,71)(H,72,73,74)(H,75,76,77)(H,78,79,80)(H,81,82,83)(H,84,85,86)(H,87,88,89)/t15?,16?,17?,18?,19?,20-,21-,22+,23?,24?,25?,26?,27?,28-,29+,30-,31+,32+,33-,34?,35?,36?,37-,38+,39?,40?,41-,42?,43?,46+,47-,48-,49-,50-,51-,52?/m0/s1. The third kappa shape index (κ3) is 31.7. The van der Waals surface area contributed by atoms with Crippen LogP contribution in [0.25, 0.3) is 0 Å². The van der Waals surface area contributed by atoms with Crippen LogP contribution in [0.4, 0.5) is 0 Å². The molecular weight excluding hydrogens is 2050 g/mol. The second kappa shape index (κ2) is 43.4. The number of fused-ring (bicyclic) bond motifs is 1. The molecule has 1 saturated carbocycles. The van der Waals surface area contributed by atoms with Crippen molar-refractivity contribution in [3.63, 3.8) is 0 Å². The van der Waals surface area contributed by atoms with E-state index in [2.05, 4.69) is 38.8 Å².